The predicted octanol–water partition coefficient (Wildman–Crippen LogP) is 1.15. The van der Waals surface area contributed by atoms with Gasteiger partial charge in [-0.05, 0) is 25.0 Å². The highest BCUT2D eigenvalue weighted by molar-refractivity contribution is 7.90. The molecule has 0 unspecified atom stereocenters. The Labute approximate surface area is 132 Å². The summed E-state index contributed by atoms with van der Waals surface area (Å²) >= 11 is 0. The van der Waals surface area contributed by atoms with Gasteiger partial charge >= 0.3 is 0 Å². The van der Waals surface area contributed by atoms with Gasteiger partial charge in [0.1, 0.15) is 5.56 Å². The van der Waals surface area contributed by atoms with E-state index in [1.54, 1.807) is 0 Å². The van der Waals surface area contributed by atoms with E-state index in [1.807, 2.05) is 0 Å². The molecule has 122 valence electrons. The first kappa shape index (κ1) is 16.8. The van der Waals surface area contributed by atoms with Crippen LogP contribution in [0.15, 0.2) is 34.4 Å². The molecule has 1 aliphatic carbocycles. The molecule has 2 N–H and O–H groups in total. The molecule has 0 spiro atoms. The lowest BCUT2D eigenvalue weighted by Crippen LogP contribution is -2.23. The van der Waals surface area contributed by atoms with Crippen LogP contribution in [-0.2, 0) is 14.6 Å². The third-order valence-corrected chi connectivity index (χ3v) is 4.63. The van der Waals surface area contributed by atoms with Crippen molar-refractivity contribution in [3.05, 3.63) is 45.1 Å². The number of hydrogen-bond acceptors (Lipinski definition) is 7. The van der Waals surface area contributed by atoms with Gasteiger partial charge in [-0.15, -0.1) is 0 Å². The fourth-order valence-electron chi connectivity index (χ4n) is 2.36. The molecule has 1 aromatic rings. The Balaban J connectivity index is 2.62. The largest absolute Gasteiger partial charge is 0.401 e. The van der Waals surface area contributed by atoms with E-state index in [4.69, 9.17) is 5.73 Å². The second-order valence-corrected chi connectivity index (χ2v) is 7.23. The third kappa shape index (κ3) is 3.29. The number of carbonyl (C=O) groups excluding carboxylic acids is 2. The summed E-state index contributed by atoms with van der Waals surface area (Å²) in [5, 5.41) is 11.2. The number of ketones is 2. The zero-order valence-corrected chi connectivity index (χ0v) is 13.1. The van der Waals surface area contributed by atoms with Crippen LogP contribution in [0.5, 0.6) is 0 Å². The van der Waals surface area contributed by atoms with E-state index in [2.05, 4.69) is 0 Å². The first-order chi connectivity index (χ1) is 10.6. The molecule has 1 aromatic carbocycles. The number of rotatable bonds is 4. The molecular weight excluding hydrogens is 324 g/mol. The lowest BCUT2D eigenvalue weighted by Gasteiger charge is -2.15. The van der Waals surface area contributed by atoms with Crippen molar-refractivity contribution >= 4 is 27.1 Å². The summed E-state index contributed by atoms with van der Waals surface area (Å²) in [7, 11) is -3.67. The lowest BCUT2D eigenvalue weighted by atomic mass is 9.89. The van der Waals surface area contributed by atoms with Crippen LogP contribution in [0, 0.1) is 10.1 Å². The van der Waals surface area contributed by atoms with Gasteiger partial charge in [-0.3, -0.25) is 19.7 Å². The first-order valence-corrected chi connectivity index (χ1v) is 8.57. The number of benzene rings is 1. The number of nitro groups is 1. The fourth-order valence-corrected chi connectivity index (χ4v) is 3.00. The Kier molecular flexibility index (Phi) is 4.33. The maximum atomic E-state index is 12.5. The van der Waals surface area contributed by atoms with Crippen LogP contribution >= 0.6 is 0 Å². The van der Waals surface area contributed by atoms with Gasteiger partial charge in [0.05, 0.1) is 15.4 Å². The molecule has 0 atom stereocenters. The minimum atomic E-state index is -3.67. The van der Waals surface area contributed by atoms with Crippen LogP contribution in [0.2, 0.25) is 0 Å². The summed E-state index contributed by atoms with van der Waals surface area (Å²) in [6.45, 7) is 0. The summed E-state index contributed by atoms with van der Waals surface area (Å²) in [4.78, 5) is 34.4. The summed E-state index contributed by atoms with van der Waals surface area (Å²) in [5.41, 5.74) is 4.54. The highest BCUT2D eigenvalue weighted by Crippen LogP contribution is 2.28. The Morgan fingerprint density at radius 1 is 1.30 bits per heavy atom. The lowest BCUT2D eigenvalue weighted by molar-refractivity contribution is -0.385. The summed E-state index contributed by atoms with van der Waals surface area (Å²) < 4.78 is 23.0. The van der Waals surface area contributed by atoms with Crippen molar-refractivity contribution in [3.8, 4) is 0 Å². The minimum absolute atomic E-state index is 0.104. The number of hydrogen-bond donors (Lipinski definition) is 1. The Morgan fingerprint density at radius 2 is 1.96 bits per heavy atom. The van der Waals surface area contributed by atoms with Crippen molar-refractivity contribution in [2.24, 2.45) is 5.73 Å². The van der Waals surface area contributed by atoms with Crippen LogP contribution in [0.25, 0.3) is 0 Å². The van der Waals surface area contributed by atoms with Gasteiger partial charge in [0.25, 0.3) is 5.69 Å². The third-order valence-electron chi connectivity index (χ3n) is 3.52. The van der Waals surface area contributed by atoms with E-state index in [1.165, 1.54) is 0 Å². The van der Waals surface area contributed by atoms with Gasteiger partial charge in [0.15, 0.2) is 15.6 Å². The molecule has 0 amide bonds. The first-order valence-electron chi connectivity index (χ1n) is 6.68. The number of carbonyl (C=O) groups is 2. The zero-order valence-electron chi connectivity index (χ0n) is 12.2. The summed E-state index contributed by atoms with van der Waals surface area (Å²) in [5.74, 6) is -1.31. The average molecular weight is 338 g/mol. The maximum absolute atomic E-state index is 12.5. The standard InChI is InChI=1S/C14H14N2O6S/c1-23(21,22)8-5-6-9(11(7-8)16(19)20)14(18)13-10(15)3-2-4-12(13)17/h5-7H,2-4,15H2,1H3. The molecule has 0 aromatic heterocycles. The fraction of sp³-hybridized carbons (Fsp3) is 0.286. The Hall–Kier alpha value is -2.55. The molecule has 0 aliphatic heterocycles. The number of Topliss-reactive ketones (excluding diaryl/α,β-unsaturated/α-hetero) is 2. The molecule has 1 aliphatic rings. The number of nitrogens with zero attached hydrogens (tertiary/aromatic N) is 1. The van der Waals surface area contributed by atoms with Crippen molar-refractivity contribution in [2.45, 2.75) is 24.2 Å². The summed E-state index contributed by atoms with van der Waals surface area (Å²) in [6.07, 6.45) is 1.94. The molecule has 0 saturated carbocycles. The predicted molar refractivity (Wildman–Crippen MR) is 80.6 cm³/mol. The number of sulfone groups is 1. The zero-order chi connectivity index (χ0) is 17.4. The van der Waals surface area contributed by atoms with Crippen LogP contribution in [0.1, 0.15) is 29.6 Å². The van der Waals surface area contributed by atoms with Gasteiger partial charge in [0, 0.05) is 24.4 Å². The van der Waals surface area contributed by atoms with Crippen molar-refractivity contribution in [3.63, 3.8) is 0 Å². The molecule has 0 fully saturated rings. The average Bonchev–Trinajstić information content (AvgIpc) is 2.45. The molecule has 0 radical (unpaired) electrons. The SMILES string of the molecule is CS(=O)(=O)c1ccc(C(=O)C2=C(N)CCCC2=O)c([N+](=O)[O-])c1. The van der Waals surface area contributed by atoms with E-state index in [0.717, 1.165) is 24.5 Å². The van der Waals surface area contributed by atoms with E-state index in [-0.39, 0.29) is 28.1 Å². The molecule has 9 heteroatoms. The van der Waals surface area contributed by atoms with Gasteiger partial charge in [-0.25, -0.2) is 8.42 Å². The van der Waals surface area contributed by atoms with Crippen molar-refractivity contribution in [1.82, 2.24) is 0 Å². The molecule has 8 nitrogen and oxygen atoms in total. The minimum Gasteiger partial charge on any atom is -0.401 e. The highest BCUT2D eigenvalue weighted by atomic mass is 32.2. The van der Waals surface area contributed by atoms with Crippen molar-refractivity contribution in [1.29, 1.82) is 0 Å². The van der Waals surface area contributed by atoms with Gasteiger partial charge in [0.2, 0.25) is 5.78 Å². The van der Waals surface area contributed by atoms with Crippen LogP contribution in [-0.4, -0.2) is 31.2 Å². The summed E-state index contributed by atoms with van der Waals surface area (Å²) in [6, 6.07) is 2.95. The Bertz CT molecular complexity index is 854. The quantitative estimate of drug-likeness (QED) is 0.376. The van der Waals surface area contributed by atoms with Gasteiger partial charge in [-0.2, -0.15) is 0 Å². The molecule has 0 saturated heterocycles. The van der Waals surface area contributed by atoms with E-state index >= 15 is 0 Å². The normalized spacial score (nSPS) is 15.6. The second-order valence-electron chi connectivity index (χ2n) is 5.21. The van der Waals surface area contributed by atoms with Crippen LogP contribution < -0.4 is 5.73 Å². The van der Waals surface area contributed by atoms with Gasteiger partial charge in [-0.1, -0.05) is 0 Å². The van der Waals surface area contributed by atoms with Crippen LogP contribution in [0.4, 0.5) is 5.69 Å². The molecule has 0 bridgehead atoms. The Morgan fingerprint density at radius 3 is 2.48 bits per heavy atom. The smallest absolute Gasteiger partial charge is 0.281 e. The number of nitro benzene ring substituents is 1. The number of nitrogens with two attached hydrogens (primary N) is 1. The molecule has 0 heterocycles. The molecular formula is C14H14N2O6S. The highest BCUT2D eigenvalue weighted by Gasteiger charge is 2.31. The molecule has 23 heavy (non-hydrogen) atoms. The van der Waals surface area contributed by atoms with Crippen molar-refractivity contribution in [2.75, 3.05) is 6.26 Å². The molecule has 2 rings (SSSR count). The van der Waals surface area contributed by atoms with E-state index in [0.29, 0.717) is 12.8 Å². The monoisotopic (exact) mass is 338 g/mol. The van der Waals surface area contributed by atoms with Crippen LogP contribution in [0.3, 0.4) is 0 Å². The topological polar surface area (TPSA) is 137 Å². The maximum Gasteiger partial charge on any atom is 0.281 e. The van der Waals surface area contributed by atoms with E-state index in [9.17, 15) is 28.1 Å². The second kappa shape index (κ2) is 5.92. The van der Waals surface area contributed by atoms with Crippen molar-refractivity contribution < 1.29 is 22.9 Å². The number of allylic oxidation sites excluding steroid dienone is 2. The van der Waals surface area contributed by atoms with E-state index < -0.39 is 32.0 Å². The van der Waals surface area contributed by atoms with Gasteiger partial charge < -0.3 is 5.73 Å².